The van der Waals surface area contributed by atoms with Crippen LogP contribution in [0.2, 0.25) is 0 Å². The van der Waals surface area contributed by atoms with E-state index in [-0.39, 0.29) is 25.6 Å². The highest BCUT2D eigenvalue weighted by Crippen LogP contribution is 2.11. The molecular weight excluding hydrogens is 248 g/mol. The van der Waals surface area contributed by atoms with Crippen molar-refractivity contribution >= 4 is 16.2 Å². The third-order valence-electron chi connectivity index (χ3n) is 2.57. The summed E-state index contributed by atoms with van der Waals surface area (Å²) in [5.74, 6) is -1.02. The molecule has 1 rings (SSSR count). The van der Waals surface area contributed by atoms with Crippen molar-refractivity contribution in [1.29, 1.82) is 0 Å². The fourth-order valence-electron chi connectivity index (χ4n) is 1.49. The topological polar surface area (TPSA) is 95.9 Å². The van der Waals surface area contributed by atoms with E-state index in [1.807, 2.05) is 0 Å². The van der Waals surface area contributed by atoms with Crippen LogP contribution in [0.3, 0.4) is 0 Å². The van der Waals surface area contributed by atoms with Gasteiger partial charge in [-0.2, -0.15) is 17.4 Å². The van der Waals surface area contributed by atoms with Crippen LogP contribution >= 0.6 is 0 Å². The van der Waals surface area contributed by atoms with Crippen LogP contribution in [0.15, 0.2) is 0 Å². The number of carboxylic acids is 1. The van der Waals surface area contributed by atoms with E-state index in [2.05, 4.69) is 4.72 Å². The van der Waals surface area contributed by atoms with Crippen molar-refractivity contribution in [2.75, 3.05) is 26.7 Å². The molecule has 1 fully saturated rings. The molecule has 100 valence electrons. The first-order chi connectivity index (χ1) is 7.92. The van der Waals surface area contributed by atoms with Crippen molar-refractivity contribution in [3.05, 3.63) is 0 Å². The highest BCUT2D eigenvalue weighted by Gasteiger charge is 2.22. The van der Waals surface area contributed by atoms with Crippen LogP contribution < -0.4 is 4.72 Å². The molecule has 1 unspecified atom stereocenters. The van der Waals surface area contributed by atoms with Gasteiger partial charge in [0.2, 0.25) is 0 Å². The van der Waals surface area contributed by atoms with Crippen molar-refractivity contribution in [2.45, 2.75) is 25.4 Å². The van der Waals surface area contributed by atoms with Crippen LogP contribution in [-0.4, -0.2) is 56.6 Å². The summed E-state index contributed by atoms with van der Waals surface area (Å²) in [7, 11) is -2.26. The molecule has 1 aliphatic heterocycles. The third kappa shape index (κ3) is 4.99. The zero-order chi connectivity index (χ0) is 12.9. The molecule has 1 saturated heterocycles. The molecule has 7 nitrogen and oxygen atoms in total. The lowest BCUT2D eigenvalue weighted by Crippen LogP contribution is -2.42. The molecule has 1 aliphatic rings. The van der Waals surface area contributed by atoms with Gasteiger partial charge in [0.1, 0.15) is 0 Å². The zero-order valence-electron chi connectivity index (χ0n) is 9.76. The number of rotatable bonds is 7. The number of ether oxygens (including phenoxy) is 1. The van der Waals surface area contributed by atoms with Crippen LogP contribution in [0.1, 0.15) is 19.3 Å². The second kappa shape index (κ2) is 6.29. The van der Waals surface area contributed by atoms with Gasteiger partial charge in [0.15, 0.2) is 0 Å². The van der Waals surface area contributed by atoms with E-state index in [1.54, 1.807) is 0 Å². The minimum absolute atomic E-state index is 0.0454. The van der Waals surface area contributed by atoms with Crippen molar-refractivity contribution < 1.29 is 23.1 Å². The molecule has 1 heterocycles. The van der Waals surface area contributed by atoms with Gasteiger partial charge in [-0.05, 0) is 12.8 Å². The maximum atomic E-state index is 11.7. The summed E-state index contributed by atoms with van der Waals surface area (Å²) in [4.78, 5) is 10.3. The largest absolute Gasteiger partial charge is 0.481 e. The first-order valence-electron chi connectivity index (χ1n) is 5.46. The van der Waals surface area contributed by atoms with Gasteiger partial charge in [0.05, 0.1) is 12.5 Å². The Bertz CT molecular complexity index is 350. The van der Waals surface area contributed by atoms with Gasteiger partial charge in [-0.1, -0.05) is 0 Å². The second-order valence-corrected chi connectivity index (χ2v) is 5.82. The average molecular weight is 266 g/mol. The quantitative estimate of drug-likeness (QED) is 0.642. The van der Waals surface area contributed by atoms with E-state index in [9.17, 15) is 13.2 Å². The summed E-state index contributed by atoms with van der Waals surface area (Å²) < 4.78 is 32.0. The zero-order valence-corrected chi connectivity index (χ0v) is 10.6. The summed E-state index contributed by atoms with van der Waals surface area (Å²) in [6.45, 7) is 0.858. The summed E-state index contributed by atoms with van der Waals surface area (Å²) in [6.07, 6.45) is 1.51. The Morgan fingerprint density at radius 3 is 2.82 bits per heavy atom. The SMILES string of the molecule is CN(CCC(=O)O)S(=O)(=O)NCC1CCCO1. The van der Waals surface area contributed by atoms with E-state index in [0.717, 1.165) is 17.1 Å². The van der Waals surface area contributed by atoms with Gasteiger partial charge >= 0.3 is 5.97 Å². The monoisotopic (exact) mass is 266 g/mol. The Hall–Kier alpha value is -0.700. The van der Waals surface area contributed by atoms with Crippen LogP contribution in [0, 0.1) is 0 Å². The van der Waals surface area contributed by atoms with Crippen molar-refractivity contribution in [1.82, 2.24) is 9.03 Å². The number of aliphatic carboxylic acids is 1. The number of carboxylic acid groups (broad SMARTS) is 1. The molecule has 0 radical (unpaired) electrons. The van der Waals surface area contributed by atoms with E-state index in [0.29, 0.717) is 6.61 Å². The summed E-state index contributed by atoms with van der Waals surface area (Å²) in [5.41, 5.74) is 0. The van der Waals surface area contributed by atoms with Gasteiger partial charge in [-0.3, -0.25) is 4.79 Å². The molecule has 0 aromatic heterocycles. The van der Waals surface area contributed by atoms with Gasteiger partial charge in [-0.15, -0.1) is 0 Å². The molecule has 17 heavy (non-hydrogen) atoms. The fourth-order valence-corrected chi connectivity index (χ4v) is 2.44. The minimum Gasteiger partial charge on any atom is -0.481 e. The third-order valence-corrected chi connectivity index (χ3v) is 4.10. The maximum absolute atomic E-state index is 11.7. The summed E-state index contributed by atoms with van der Waals surface area (Å²) >= 11 is 0. The molecule has 0 aliphatic carbocycles. The van der Waals surface area contributed by atoms with Gasteiger partial charge < -0.3 is 9.84 Å². The normalized spacial score (nSPS) is 20.9. The smallest absolute Gasteiger partial charge is 0.304 e. The van der Waals surface area contributed by atoms with Crippen molar-refractivity contribution in [3.8, 4) is 0 Å². The lowest BCUT2D eigenvalue weighted by atomic mass is 10.2. The number of hydrogen-bond acceptors (Lipinski definition) is 4. The second-order valence-electron chi connectivity index (χ2n) is 3.95. The van der Waals surface area contributed by atoms with E-state index in [4.69, 9.17) is 9.84 Å². The van der Waals surface area contributed by atoms with Crippen LogP contribution in [0.4, 0.5) is 0 Å². The molecule has 0 saturated carbocycles. The molecule has 8 heteroatoms. The van der Waals surface area contributed by atoms with Crippen LogP contribution in [0.25, 0.3) is 0 Å². The Morgan fingerprint density at radius 1 is 1.59 bits per heavy atom. The molecule has 0 spiro atoms. The summed E-state index contributed by atoms with van der Waals surface area (Å²) in [5, 5.41) is 8.47. The molecule has 0 aromatic carbocycles. The Labute approximate surface area is 101 Å². The lowest BCUT2D eigenvalue weighted by molar-refractivity contribution is -0.137. The average Bonchev–Trinajstić information content (AvgIpc) is 2.75. The molecule has 0 amide bonds. The molecule has 0 bridgehead atoms. The number of hydrogen-bond donors (Lipinski definition) is 2. The molecule has 2 N–H and O–H groups in total. The number of nitrogens with zero attached hydrogens (tertiary/aromatic N) is 1. The Morgan fingerprint density at radius 2 is 2.29 bits per heavy atom. The minimum atomic E-state index is -3.60. The highest BCUT2D eigenvalue weighted by molar-refractivity contribution is 7.87. The van der Waals surface area contributed by atoms with E-state index < -0.39 is 16.2 Å². The number of nitrogens with one attached hydrogen (secondary N) is 1. The van der Waals surface area contributed by atoms with Gasteiger partial charge in [0.25, 0.3) is 10.2 Å². The molecular formula is C9H18N2O5S. The fraction of sp³-hybridized carbons (Fsp3) is 0.889. The Balaban J connectivity index is 2.35. The summed E-state index contributed by atoms with van der Waals surface area (Å²) in [6, 6.07) is 0. The first-order valence-corrected chi connectivity index (χ1v) is 6.90. The van der Waals surface area contributed by atoms with Crippen LogP contribution in [-0.2, 0) is 19.7 Å². The van der Waals surface area contributed by atoms with Gasteiger partial charge in [-0.25, -0.2) is 0 Å². The first kappa shape index (κ1) is 14.4. The highest BCUT2D eigenvalue weighted by atomic mass is 32.2. The Kier molecular flexibility index (Phi) is 5.31. The predicted molar refractivity (Wildman–Crippen MR) is 60.8 cm³/mol. The predicted octanol–water partition coefficient (Wildman–Crippen LogP) is -0.594. The molecule has 0 aromatic rings. The van der Waals surface area contributed by atoms with Crippen LogP contribution in [0.5, 0.6) is 0 Å². The van der Waals surface area contributed by atoms with Crippen molar-refractivity contribution in [3.63, 3.8) is 0 Å². The maximum Gasteiger partial charge on any atom is 0.304 e. The van der Waals surface area contributed by atoms with Gasteiger partial charge in [0, 0.05) is 26.7 Å². The van der Waals surface area contributed by atoms with E-state index in [1.165, 1.54) is 7.05 Å². The van der Waals surface area contributed by atoms with Crippen molar-refractivity contribution in [2.24, 2.45) is 0 Å². The molecule has 1 atom stereocenters. The number of carbonyl (C=O) groups is 1. The standard InChI is InChI=1S/C9H18N2O5S/c1-11(5-4-9(12)13)17(14,15)10-7-8-3-2-6-16-8/h8,10H,2-7H2,1H3,(H,12,13). The lowest BCUT2D eigenvalue weighted by Gasteiger charge is -2.18. The van der Waals surface area contributed by atoms with E-state index >= 15 is 0 Å².